The molecule has 0 aliphatic carbocycles. The van der Waals surface area contributed by atoms with Gasteiger partial charge in [0.05, 0.1) is 18.2 Å². The van der Waals surface area contributed by atoms with Gasteiger partial charge in [0.15, 0.2) is 5.03 Å². The van der Waals surface area contributed by atoms with Crippen LogP contribution in [-0.2, 0) is 14.8 Å². The molecule has 1 rings (SSSR count). The number of hydrogen-bond donors (Lipinski definition) is 2. The van der Waals surface area contributed by atoms with Crippen LogP contribution in [0.15, 0.2) is 17.3 Å². The van der Waals surface area contributed by atoms with E-state index in [4.69, 9.17) is 16.3 Å². The van der Waals surface area contributed by atoms with Gasteiger partial charge in [0, 0.05) is 13.7 Å². The largest absolute Gasteiger partial charge is 0.383 e. The van der Waals surface area contributed by atoms with Gasteiger partial charge in [-0.05, 0) is 12.5 Å². The molecule has 0 radical (unpaired) electrons. The third-order valence-corrected chi connectivity index (χ3v) is 3.60. The highest BCUT2D eigenvalue weighted by molar-refractivity contribution is 7.89. The van der Waals surface area contributed by atoms with Gasteiger partial charge in [-0.3, -0.25) is 5.10 Å². The highest BCUT2D eigenvalue weighted by Crippen LogP contribution is 2.04. The minimum Gasteiger partial charge on any atom is -0.383 e. The number of ether oxygens (including phenoxy) is 1. The van der Waals surface area contributed by atoms with E-state index in [1.54, 1.807) is 7.11 Å². The van der Waals surface area contributed by atoms with Gasteiger partial charge in [0.25, 0.3) is 10.0 Å². The van der Waals surface area contributed by atoms with Crippen molar-refractivity contribution < 1.29 is 13.2 Å². The van der Waals surface area contributed by atoms with Crippen LogP contribution in [0.1, 0.15) is 6.42 Å². The van der Waals surface area contributed by atoms with Crippen molar-refractivity contribution >= 4 is 21.6 Å². The molecule has 92 valence electrons. The Morgan fingerprint density at radius 1 is 1.69 bits per heavy atom. The molecule has 0 aliphatic rings. The first kappa shape index (κ1) is 13.4. The summed E-state index contributed by atoms with van der Waals surface area (Å²) in [5.41, 5.74) is 0. The average molecular weight is 268 g/mol. The highest BCUT2D eigenvalue weighted by Gasteiger charge is 2.15. The van der Waals surface area contributed by atoms with Crippen molar-refractivity contribution in [3.63, 3.8) is 0 Å². The van der Waals surface area contributed by atoms with Gasteiger partial charge < -0.3 is 4.74 Å². The fourth-order valence-corrected chi connectivity index (χ4v) is 2.27. The molecule has 0 fully saturated rings. The van der Waals surface area contributed by atoms with Crippen molar-refractivity contribution in [2.24, 2.45) is 0 Å². The van der Waals surface area contributed by atoms with E-state index in [1.165, 1.54) is 12.3 Å². The van der Waals surface area contributed by atoms with Crippen LogP contribution < -0.4 is 4.72 Å². The predicted octanol–water partition coefficient (Wildman–Crippen LogP) is 0.332. The lowest BCUT2D eigenvalue weighted by molar-refractivity contribution is 0.196. The number of rotatable bonds is 7. The van der Waals surface area contributed by atoms with E-state index in [0.29, 0.717) is 13.0 Å². The van der Waals surface area contributed by atoms with E-state index in [1.807, 2.05) is 0 Å². The van der Waals surface area contributed by atoms with E-state index in [-0.39, 0.29) is 16.9 Å². The number of aromatic nitrogens is 2. The number of alkyl halides is 1. The van der Waals surface area contributed by atoms with Crippen LogP contribution in [0.4, 0.5) is 0 Å². The van der Waals surface area contributed by atoms with E-state index in [0.717, 1.165) is 0 Å². The quantitative estimate of drug-likeness (QED) is 0.698. The number of aromatic amines is 1. The Balaban J connectivity index is 2.38. The third-order valence-electron chi connectivity index (χ3n) is 1.86. The van der Waals surface area contributed by atoms with Crippen LogP contribution in [0.5, 0.6) is 0 Å². The number of halogens is 1. The van der Waals surface area contributed by atoms with E-state index >= 15 is 0 Å². The van der Waals surface area contributed by atoms with Crippen LogP contribution >= 0.6 is 11.6 Å². The molecule has 6 nitrogen and oxygen atoms in total. The van der Waals surface area contributed by atoms with Gasteiger partial charge in [-0.25, -0.2) is 13.1 Å². The summed E-state index contributed by atoms with van der Waals surface area (Å²) < 4.78 is 30.4. The SMILES string of the molecule is COCC(Cl)CCNS(=O)(=O)c1ccn[nH]1. The number of sulfonamides is 1. The Kier molecular flexibility index (Phi) is 5.20. The topological polar surface area (TPSA) is 84.1 Å². The molecule has 1 aromatic rings. The van der Waals surface area contributed by atoms with Crippen LogP contribution in [-0.4, -0.2) is 44.3 Å². The van der Waals surface area contributed by atoms with Gasteiger partial charge in [0.2, 0.25) is 0 Å². The minimum absolute atomic E-state index is 0.0466. The van der Waals surface area contributed by atoms with Crippen molar-refractivity contribution in [2.75, 3.05) is 20.3 Å². The van der Waals surface area contributed by atoms with Crippen LogP contribution in [0.2, 0.25) is 0 Å². The van der Waals surface area contributed by atoms with E-state index in [2.05, 4.69) is 14.9 Å². The molecular formula is C8H14ClN3O3S. The van der Waals surface area contributed by atoms with Crippen LogP contribution in [0.3, 0.4) is 0 Å². The zero-order chi connectivity index (χ0) is 12.0. The molecule has 0 spiro atoms. The minimum atomic E-state index is -3.50. The first-order valence-corrected chi connectivity index (χ1v) is 6.60. The molecule has 0 bridgehead atoms. The summed E-state index contributed by atoms with van der Waals surface area (Å²) in [6.07, 6.45) is 1.88. The molecule has 1 aromatic heterocycles. The van der Waals surface area contributed by atoms with Gasteiger partial charge in [-0.1, -0.05) is 0 Å². The second kappa shape index (κ2) is 6.19. The molecule has 0 saturated carbocycles. The van der Waals surface area contributed by atoms with Crippen molar-refractivity contribution in [1.29, 1.82) is 0 Å². The molecule has 1 unspecified atom stereocenters. The zero-order valence-corrected chi connectivity index (χ0v) is 10.4. The summed E-state index contributed by atoms with van der Waals surface area (Å²) in [5.74, 6) is 0. The zero-order valence-electron chi connectivity index (χ0n) is 8.81. The normalized spacial score (nSPS) is 13.9. The second-order valence-corrected chi connectivity index (χ2v) is 5.51. The van der Waals surface area contributed by atoms with Crippen molar-refractivity contribution in [3.8, 4) is 0 Å². The number of hydrogen-bond acceptors (Lipinski definition) is 4. The first-order valence-electron chi connectivity index (χ1n) is 4.68. The maximum absolute atomic E-state index is 11.6. The standard InChI is InChI=1S/C8H14ClN3O3S/c1-15-6-7(9)2-5-11-16(13,14)8-3-4-10-12-8/h3-4,7,11H,2,5-6H2,1H3,(H,10,12). The molecule has 0 amide bonds. The molecule has 0 aromatic carbocycles. The van der Waals surface area contributed by atoms with Crippen molar-refractivity contribution in [1.82, 2.24) is 14.9 Å². The Morgan fingerprint density at radius 2 is 2.44 bits per heavy atom. The molecule has 1 heterocycles. The Bertz CT molecular complexity index is 393. The molecule has 1 atom stereocenters. The molecule has 8 heteroatoms. The van der Waals surface area contributed by atoms with Gasteiger partial charge >= 0.3 is 0 Å². The lowest BCUT2D eigenvalue weighted by atomic mass is 10.3. The highest BCUT2D eigenvalue weighted by atomic mass is 35.5. The smallest absolute Gasteiger partial charge is 0.257 e. The molecule has 2 N–H and O–H groups in total. The summed E-state index contributed by atoms with van der Waals surface area (Å²) in [4.78, 5) is 0. The lowest BCUT2D eigenvalue weighted by Crippen LogP contribution is -2.27. The predicted molar refractivity (Wildman–Crippen MR) is 59.9 cm³/mol. The maximum Gasteiger partial charge on any atom is 0.257 e. The fraction of sp³-hybridized carbons (Fsp3) is 0.625. The van der Waals surface area contributed by atoms with Crippen molar-refractivity contribution in [2.45, 2.75) is 16.8 Å². The Hall–Kier alpha value is -0.630. The summed E-state index contributed by atoms with van der Waals surface area (Å²) >= 11 is 5.85. The van der Waals surface area contributed by atoms with E-state index < -0.39 is 10.0 Å². The van der Waals surface area contributed by atoms with Crippen molar-refractivity contribution in [3.05, 3.63) is 12.3 Å². The van der Waals surface area contributed by atoms with Gasteiger partial charge in [-0.15, -0.1) is 11.6 Å². The van der Waals surface area contributed by atoms with Gasteiger partial charge in [-0.2, -0.15) is 5.10 Å². The fourth-order valence-electron chi connectivity index (χ4n) is 1.08. The molecule has 16 heavy (non-hydrogen) atoms. The molecule has 0 aliphatic heterocycles. The maximum atomic E-state index is 11.6. The van der Waals surface area contributed by atoms with Crippen LogP contribution in [0.25, 0.3) is 0 Å². The third kappa shape index (κ3) is 4.09. The monoisotopic (exact) mass is 267 g/mol. The summed E-state index contributed by atoms with van der Waals surface area (Å²) in [5, 5.41) is 5.80. The Labute approximate surface area is 99.4 Å². The second-order valence-electron chi connectivity index (χ2n) is 3.16. The number of nitrogens with one attached hydrogen (secondary N) is 2. The molecular weight excluding hydrogens is 254 g/mol. The van der Waals surface area contributed by atoms with Gasteiger partial charge in [0.1, 0.15) is 0 Å². The average Bonchev–Trinajstić information content (AvgIpc) is 2.71. The number of nitrogens with zero attached hydrogens (tertiary/aromatic N) is 1. The summed E-state index contributed by atoms with van der Waals surface area (Å²) in [7, 11) is -1.95. The number of methoxy groups -OCH3 is 1. The molecule has 0 saturated heterocycles. The Morgan fingerprint density at radius 3 is 3.00 bits per heavy atom. The van der Waals surface area contributed by atoms with Crippen LogP contribution in [0, 0.1) is 0 Å². The lowest BCUT2D eigenvalue weighted by Gasteiger charge is -2.08. The first-order chi connectivity index (χ1) is 7.56. The summed E-state index contributed by atoms with van der Waals surface area (Å²) in [6, 6.07) is 1.38. The number of H-pyrrole nitrogens is 1. The van der Waals surface area contributed by atoms with E-state index in [9.17, 15) is 8.42 Å². The summed E-state index contributed by atoms with van der Waals surface area (Å²) in [6.45, 7) is 0.659.